The van der Waals surface area contributed by atoms with Gasteiger partial charge >= 0.3 is 0 Å². The molecule has 0 fully saturated rings. The maximum atomic E-state index is 13.2. The third-order valence-corrected chi connectivity index (χ3v) is 6.86. The molecule has 0 N–H and O–H groups in total. The molecule has 0 aliphatic carbocycles. The van der Waals surface area contributed by atoms with Crippen molar-refractivity contribution < 1.29 is 4.79 Å². The van der Waals surface area contributed by atoms with Crippen LogP contribution in [-0.2, 0) is 4.79 Å². The summed E-state index contributed by atoms with van der Waals surface area (Å²) in [5, 5.41) is 2.39. The summed E-state index contributed by atoms with van der Waals surface area (Å²) in [4.78, 5) is 32.3. The number of benzene rings is 2. The number of rotatable bonds is 5. The molecule has 2 aromatic heterocycles. The number of aryl methyl sites for hydroxylation is 2. The molecule has 0 radical (unpaired) electrons. The highest BCUT2D eigenvalue weighted by atomic mass is 32.2. The summed E-state index contributed by atoms with van der Waals surface area (Å²) in [6.45, 7) is 4.06. The van der Waals surface area contributed by atoms with Gasteiger partial charge in [-0.3, -0.25) is 14.2 Å². The van der Waals surface area contributed by atoms with Gasteiger partial charge in [-0.2, -0.15) is 0 Å². The Balaban J connectivity index is 1.70. The van der Waals surface area contributed by atoms with Crippen molar-refractivity contribution in [2.75, 3.05) is 17.7 Å². The van der Waals surface area contributed by atoms with Crippen molar-refractivity contribution in [2.24, 2.45) is 0 Å². The Bertz CT molecular complexity index is 1280. The topological polar surface area (TPSA) is 55.2 Å². The van der Waals surface area contributed by atoms with Crippen LogP contribution in [0.1, 0.15) is 11.1 Å². The van der Waals surface area contributed by atoms with Crippen LogP contribution in [0.4, 0.5) is 5.69 Å². The SMILES string of the molecule is Cc1ccc(-n2c(SCC(=O)N(C)c3ccccc3)nc3ccsc3c2=O)cc1C. The minimum absolute atomic E-state index is 0.0579. The normalized spacial score (nSPS) is 11.0. The molecule has 0 bridgehead atoms. The van der Waals surface area contributed by atoms with Gasteiger partial charge in [-0.05, 0) is 60.7 Å². The van der Waals surface area contributed by atoms with Crippen LogP contribution >= 0.6 is 23.1 Å². The Morgan fingerprint density at radius 1 is 1.10 bits per heavy atom. The second-order valence-electron chi connectivity index (χ2n) is 7.02. The van der Waals surface area contributed by atoms with Crippen molar-refractivity contribution in [1.29, 1.82) is 0 Å². The number of thiophene rings is 1. The molecule has 30 heavy (non-hydrogen) atoms. The van der Waals surface area contributed by atoms with E-state index >= 15 is 0 Å². The van der Waals surface area contributed by atoms with E-state index in [9.17, 15) is 9.59 Å². The standard InChI is InChI=1S/C23H21N3O2S2/c1-15-9-10-18(13-16(15)2)26-22(28)21-19(11-12-29-21)24-23(26)30-14-20(27)25(3)17-7-5-4-6-8-17/h4-13H,14H2,1-3H3. The number of aromatic nitrogens is 2. The van der Waals surface area contributed by atoms with Crippen molar-refractivity contribution in [3.8, 4) is 5.69 Å². The van der Waals surface area contributed by atoms with Crippen LogP contribution in [0.5, 0.6) is 0 Å². The Kier molecular flexibility index (Phi) is 5.74. The molecule has 2 heterocycles. The van der Waals surface area contributed by atoms with E-state index in [1.165, 1.54) is 23.1 Å². The second kappa shape index (κ2) is 8.45. The number of fused-ring (bicyclic) bond motifs is 1. The molecule has 7 heteroatoms. The molecule has 0 aliphatic rings. The molecule has 0 atom stereocenters. The van der Waals surface area contributed by atoms with Crippen molar-refractivity contribution >= 4 is 44.9 Å². The zero-order valence-electron chi connectivity index (χ0n) is 17.0. The number of hydrogen-bond acceptors (Lipinski definition) is 5. The van der Waals surface area contributed by atoms with Gasteiger partial charge in [0.05, 0.1) is 17.0 Å². The lowest BCUT2D eigenvalue weighted by Gasteiger charge is -2.18. The lowest BCUT2D eigenvalue weighted by atomic mass is 10.1. The number of hydrogen-bond donors (Lipinski definition) is 0. The number of nitrogens with zero attached hydrogens (tertiary/aromatic N) is 3. The predicted octanol–water partition coefficient (Wildman–Crippen LogP) is 4.82. The molecule has 4 rings (SSSR count). The van der Waals surface area contributed by atoms with E-state index in [2.05, 4.69) is 0 Å². The van der Waals surface area contributed by atoms with E-state index < -0.39 is 0 Å². The highest BCUT2D eigenvalue weighted by molar-refractivity contribution is 7.99. The third kappa shape index (κ3) is 3.91. The molecule has 2 aromatic carbocycles. The van der Waals surface area contributed by atoms with Gasteiger partial charge in [-0.25, -0.2) is 4.98 Å². The van der Waals surface area contributed by atoms with Gasteiger partial charge in [0.2, 0.25) is 5.91 Å². The van der Waals surface area contributed by atoms with Crippen molar-refractivity contribution in [1.82, 2.24) is 9.55 Å². The number of anilines is 1. The maximum absolute atomic E-state index is 13.2. The summed E-state index contributed by atoms with van der Waals surface area (Å²) in [6, 6.07) is 17.2. The van der Waals surface area contributed by atoms with E-state index in [4.69, 9.17) is 4.98 Å². The van der Waals surface area contributed by atoms with Gasteiger partial charge in [0.1, 0.15) is 4.70 Å². The molecule has 4 aromatic rings. The van der Waals surface area contributed by atoms with E-state index in [-0.39, 0.29) is 17.2 Å². The largest absolute Gasteiger partial charge is 0.315 e. The fourth-order valence-corrected chi connectivity index (χ4v) is 4.79. The minimum atomic E-state index is -0.107. The van der Waals surface area contributed by atoms with Crippen LogP contribution in [0.2, 0.25) is 0 Å². The fraction of sp³-hybridized carbons (Fsp3) is 0.174. The van der Waals surface area contributed by atoms with Crippen LogP contribution in [0, 0.1) is 13.8 Å². The van der Waals surface area contributed by atoms with E-state index in [1.54, 1.807) is 16.5 Å². The van der Waals surface area contributed by atoms with Crippen molar-refractivity contribution in [2.45, 2.75) is 19.0 Å². The highest BCUT2D eigenvalue weighted by Crippen LogP contribution is 2.25. The summed E-state index contributed by atoms with van der Waals surface area (Å²) < 4.78 is 2.23. The first-order valence-electron chi connectivity index (χ1n) is 9.48. The third-order valence-electron chi connectivity index (χ3n) is 5.04. The Hall–Kier alpha value is -2.90. The molecule has 0 unspecified atom stereocenters. The van der Waals surface area contributed by atoms with Crippen LogP contribution in [0.25, 0.3) is 15.9 Å². The summed E-state index contributed by atoms with van der Waals surface area (Å²) in [6.07, 6.45) is 0. The average Bonchev–Trinajstić information content (AvgIpc) is 3.23. The molecule has 152 valence electrons. The Morgan fingerprint density at radius 2 is 1.87 bits per heavy atom. The number of carbonyl (C=O) groups is 1. The lowest BCUT2D eigenvalue weighted by Crippen LogP contribution is -2.28. The van der Waals surface area contributed by atoms with Gasteiger partial charge in [0.15, 0.2) is 5.16 Å². The Labute approximate surface area is 183 Å². The summed E-state index contributed by atoms with van der Waals surface area (Å²) in [7, 11) is 1.75. The molecular weight excluding hydrogens is 414 g/mol. The van der Waals surface area contributed by atoms with E-state index in [0.29, 0.717) is 15.4 Å². The molecule has 1 amide bonds. The molecule has 0 saturated carbocycles. The van der Waals surface area contributed by atoms with E-state index in [1.807, 2.05) is 73.8 Å². The van der Waals surface area contributed by atoms with Crippen LogP contribution in [-0.4, -0.2) is 28.3 Å². The van der Waals surface area contributed by atoms with Crippen LogP contribution in [0.3, 0.4) is 0 Å². The van der Waals surface area contributed by atoms with Gasteiger partial charge in [0.25, 0.3) is 5.56 Å². The lowest BCUT2D eigenvalue weighted by molar-refractivity contribution is -0.115. The number of para-hydroxylation sites is 1. The van der Waals surface area contributed by atoms with Gasteiger partial charge < -0.3 is 4.90 Å². The zero-order chi connectivity index (χ0) is 21.3. The summed E-state index contributed by atoms with van der Waals surface area (Å²) in [5.41, 5.74) is 4.40. The minimum Gasteiger partial charge on any atom is -0.315 e. The summed E-state index contributed by atoms with van der Waals surface area (Å²) in [5.74, 6) is 0.121. The molecular formula is C23H21N3O2S2. The smallest absolute Gasteiger partial charge is 0.276 e. The highest BCUT2D eigenvalue weighted by Gasteiger charge is 2.18. The first kappa shape index (κ1) is 20.4. The zero-order valence-corrected chi connectivity index (χ0v) is 18.6. The molecule has 0 spiro atoms. The van der Waals surface area contributed by atoms with Gasteiger partial charge in [0, 0.05) is 12.7 Å². The van der Waals surface area contributed by atoms with Crippen LogP contribution in [0.15, 0.2) is 69.9 Å². The van der Waals surface area contributed by atoms with E-state index in [0.717, 1.165) is 22.5 Å². The first-order valence-corrected chi connectivity index (χ1v) is 11.3. The average molecular weight is 436 g/mol. The molecule has 0 saturated heterocycles. The monoisotopic (exact) mass is 435 g/mol. The van der Waals surface area contributed by atoms with Gasteiger partial charge in [-0.1, -0.05) is 36.0 Å². The van der Waals surface area contributed by atoms with Crippen molar-refractivity contribution in [3.63, 3.8) is 0 Å². The summed E-state index contributed by atoms with van der Waals surface area (Å²) >= 11 is 2.67. The molecule has 0 aliphatic heterocycles. The second-order valence-corrected chi connectivity index (χ2v) is 8.87. The first-order chi connectivity index (χ1) is 14.5. The number of amides is 1. The quantitative estimate of drug-likeness (QED) is 0.333. The predicted molar refractivity (Wildman–Crippen MR) is 125 cm³/mol. The number of carbonyl (C=O) groups excluding carboxylic acids is 1. The van der Waals surface area contributed by atoms with Crippen molar-refractivity contribution in [3.05, 3.63) is 81.5 Å². The fourth-order valence-electron chi connectivity index (χ4n) is 3.10. The number of thioether (sulfide) groups is 1. The van der Waals surface area contributed by atoms with Crippen LogP contribution < -0.4 is 10.5 Å². The Morgan fingerprint density at radius 3 is 2.60 bits per heavy atom. The van der Waals surface area contributed by atoms with Gasteiger partial charge in [-0.15, -0.1) is 11.3 Å². The maximum Gasteiger partial charge on any atom is 0.276 e. The molecule has 5 nitrogen and oxygen atoms in total.